The Hall–Kier alpha value is -0.770. The molecule has 0 aliphatic rings. The first-order valence-corrected chi connectivity index (χ1v) is 5.19. The molecule has 1 aromatic rings. The Bertz CT molecular complexity index is 326. The molecule has 1 rings (SSSR count). The molecule has 0 aromatic heterocycles. The van der Waals surface area contributed by atoms with Gasteiger partial charge in [-0.3, -0.25) is 0 Å². The number of nitrogens with two attached hydrogens (primary N) is 1. The van der Waals surface area contributed by atoms with Gasteiger partial charge in [0.1, 0.15) is 5.82 Å². The Morgan fingerprint density at radius 1 is 1.46 bits per heavy atom. The van der Waals surface area contributed by atoms with Crippen LogP contribution in [0.3, 0.4) is 0 Å². The van der Waals surface area contributed by atoms with Gasteiger partial charge in [0.2, 0.25) is 0 Å². The predicted octanol–water partition coefficient (Wildman–Crippen LogP) is 2.72. The van der Waals surface area contributed by atoms with Gasteiger partial charge in [-0.1, -0.05) is 0 Å². The number of halogens is 2. The molecule has 1 nitrogen and oxygen atoms in total. The van der Waals surface area contributed by atoms with Crippen LogP contribution in [0.5, 0.6) is 0 Å². The SMILES string of the molecule is CSCc1cc(F)c(C)c(F)c1N. The highest BCUT2D eigenvalue weighted by molar-refractivity contribution is 7.97. The van der Waals surface area contributed by atoms with E-state index in [9.17, 15) is 8.78 Å². The van der Waals surface area contributed by atoms with Crippen LogP contribution in [0.2, 0.25) is 0 Å². The van der Waals surface area contributed by atoms with E-state index in [1.165, 1.54) is 24.8 Å². The molecule has 0 heterocycles. The number of hydrogen-bond donors (Lipinski definition) is 1. The van der Waals surface area contributed by atoms with E-state index in [4.69, 9.17) is 5.73 Å². The van der Waals surface area contributed by atoms with Crippen LogP contribution in [0.15, 0.2) is 6.07 Å². The summed E-state index contributed by atoms with van der Waals surface area (Å²) in [5.41, 5.74) is 6.06. The predicted molar refractivity (Wildman–Crippen MR) is 52.7 cm³/mol. The third-order valence-electron chi connectivity index (χ3n) is 1.87. The quantitative estimate of drug-likeness (QED) is 0.748. The maximum Gasteiger partial charge on any atom is 0.152 e. The van der Waals surface area contributed by atoms with Crippen LogP contribution in [0, 0.1) is 18.6 Å². The summed E-state index contributed by atoms with van der Waals surface area (Å²) < 4.78 is 26.2. The van der Waals surface area contributed by atoms with Crippen molar-refractivity contribution in [2.45, 2.75) is 12.7 Å². The van der Waals surface area contributed by atoms with Crippen molar-refractivity contribution >= 4 is 17.4 Å². The lowest BCUT2D eigenvalue weighted by Gasteiger charge is -2.08. The van der Waals surface area contributed by atoms with Gasteiger partial charge in [-0.25, -0.2) is 8.78 Å². The molecule has 2 N–H and O–H groups in total. The molecule has 1 aromatic carbocycles. The van der Waals surface area contributed by atoms with E-state index >= 15 is 0 Å². The van der Waals surface area contributed by atoms with E-state index < -0.39 is 11.6 Å². The molecule has 0 aliphatic carbocycles. The Labute approximate surface area is 80.3 Å². The van der Waals surface area contributed by atoms with Gasteiger partial charge < -0.3 is 5.73 Å². The van der Waals surface area contributed by atoms with Gasteiger partial charge >= 0.3 is 0 Å². The van der Waals surface area contributed by atoms with Crippen molar-refractivity contribution in [1.29, 1.82) is 0 Å². The molecule has 13 heavy (non-hydrogen) atoms. The smallest absolute Gasteiger partial charge is 0.152 e. The van der Waals surface area contributed by atoms with Crippen molar-refractivity contribution in [2.24, 2.45) is 0 Å². The van der Waals surface area contributed by atoms with Gasteiger partial charge in [-0.05, 0) is 24.8 Å². The molecule has 0 spiro atoms. The Morgan fingerprint density at radius 3 is 2.62 bits per heavy atom. The number of hydrogen-bond acceptors (Lipinski definition) is 2. The number of thioether (sulfide) groups is 1. The fourth-order valence-corrected chi connectivity index (χ4v) is 1.61. The van der Waals surface area contributed by atoms with Crippen LogP contribution in [0.1, 0.15) is 11.1 Å². The minimum Gasteiger partial charge on any atom is -0.396 e. The first kappa shape index (κ1) is 10.3. The van der Waals surface area contributed by atoms with Crippen LogP contribution in [0.4, 0.5) is 14.5 Å². The summed E-state index contributed by atoms with van der Waals surface area (Å²) in [6.45, 7) is 1.38. The molecule has 0 bridgehead atoms. The molecule has 0 radical (unpaired) electrons. The molecular formula is C9H11F2NS. The highest BCUT2D eigenvalue weighted by Gasteiger charge is 2.12. The van der Waals surface area contributed by atoms with Crippen LogP contribution in [-0.2, 0) is 5.75 Å². The minimum atomic E-state index is -0.635. The van der Waals surface area contributed by atoms with Crippen molar-refractivity contribution in [3.8, 4) is 0 Å². The highest BCUT2D eigenvalue weighted by atomic mass is 32.2. The molecule has 0 amide bonds. The highest BCUT2D eigenvalue weighted by Crippen LogP contribution is 2.25. The molecular weight excluding hydrogens is 192 g/mol. The zero-order valence-electron chi connectivity index (χ0n) is 7.53. The fraction of sp³-hybridized carbons (Fsp3) is 0.333. The molecule has 0 saturated carbocycles. The van der Waals surface area contributed by atoms with Crippen LogP contribution in [-0.4, -0.2) is 6.26 Å². The summed E-state index contributed by atoms with van der Waals surface area (Å²) in [6, 6.07) is 1.30. The molecule has 0 aliphatic heterocycles. The maximum absolute atomic E-state index is 13.2. The standard InChI is InChI=1S/C9H11F2NS/c1-5-7(10)3-6(4-13-2)9(12)8(5)11/h3H,4,12H2,1-2H3. The first-order chi connectivity index (χ1) is 6.07. The van der Waals surface area contributed by atoms with E-state index in [0.717, 1.165) is 0 Å². The number of benzene rings is 1. The third-order valence-corrected chi connectivity index (χ3v) is 2.47. The second-order valence-electron chi connectivity index (χ2n) is 2.80. The average molecular weight is 203 g/mol. The normalized spacial score (nSPS) is 10.5. The molecule has 0 unspecified atom stereocenters. The maximum atomic E-state index is 13.2. The molecule has 4 heteroatoms. The zero-order chi connectivity index (χ0) is 10.0. The van der Waals surface area contributed by atoms with E-state index in [2.05, 4.69) is 0 Å². The average Bonchev–Trinajstić information content (AvgIpc) is 2.11. The van der Waals surface area contributed by atoms with Crippen LogP contribution in [0.25, 0.3) is 0 Å². The third kappa shape index (κ3) is 1.94. The van der Waals surface area contributed by atoms with E-state index in [0.29, 0.717) is 11.3 Å². The number of anilines is 1. The van der Waals surface area contributed by atoms with Gasteiger partial charge in [0.15, 0.2) is 5.82 Å². The molecule has 0 atom stereocenters. The molecule has 0 fully saturated rings. The Kier molecular flexibility index (Phi) is 3.14. The summed E-state index contributed by atoms with van der Waals surface area (Å²) in [7, 11) is 0. The zero-order valence-corrected chi connectivity index (χ0v) is 8.34. The Morgan fingerprint density at radius 2 is 2.08 bits per heavy atom. The van der Waals surface area contributed by atoms with Gasteiger partial charge in [0.05, 0.1) is 5.69 Å². The Balaban J connectivity index is 3.24. The van der Waals surface area contributed by atoms with Crippen LogP contribution < -0.4 is 5.73 Å². The number of nitrogen functional groups attached to an aromatic ring is 1. The van der Waals surface area contributed by atoms with Crippen molar-refractivity contribution in [1.82, 2.24) is 0 Å². The van der Waals surface area contributed by atoms with Gasteiger partial charge in [0, 0.05) is 11.3 Å². The van der Waals surface area contributed by atoms with Gasteiger partial charge in [0.25, 0.3) is 0 Å². The minimum absolute atomic E-state index is 0.0117. The molecule has 0 saturated heterocycles. The summed E-state index contributed by atoms with van der Waals surface area (Å²) in [5.74, 6) is -0.639. The number of rotatable bonds is 2. The van der Waals surface area contributed by atoms with Gasteiger partial charge in [-0.15, -0.1) is 0 Å². The monoisotopic (exact) mass is 203 g/mol. The van der Waals surface area contributed by atoms with Crippen molar-refractivity contribution in [3.05, 3.63) is 28.8 Å². The van der Waals surface area contributed by atoms with Gasteiger partial charge in [-0.2, -0.15) is 11.8 Å². The topological polar surface area (TPSA) is 26.0 Å². The first-order valence-electron chi connectivity index (χ1n) is 3.79. The second kappa shape index (κ2) is 3.96. The van der Waals surface area contributed by atoms with E-state index in [1.54, 1.807) is 0 Å². The summed E-state index contributed by atoms with van der Waals surface area (Å²) >= 11 is 1.48. The lowest BCUT2D eigenvalue weighted by atomic mass is 10.1. The van der Waals surface area contributed by atoms with E-state index in [1.807, 2.05) is 6.26 Å². The fourth-order valence-electron chi connectivity index (χ4n) is 1.06. The summed E-state index contributed by atoms with van der Waals surface area (Å²) in [6.07, 6.45) is 1.86. The lowest BCUT2D eigenvalue weighted by molar-refractivity contribution is 0.569. The molecule has 72 valence electrons. The summed E-state index contributed by atoms with van der Waals surface area (Å²) in [4.78, 5) is 0. The largest absolute Gasteiger partial charge is 0.396 e. The lowest BCUT2D eigenvalue weighted by Crippen LogP contribution is -2.01. The van der Waals surface area contributed by atoms with Crippen LogP contribution >= 0.6 is 11.8 Å². The van der Waals surface area contributed by atoms with Crippen molar-refractivity contribution < 1.29 is 8.78 Å². The summed E-state index contributed by atoms with van der Waals surface area (Å²) in [5, 5.41) is 0. The van der Waals surface area contributed by atoms with E-state index in [-0.39, 0.29) is 11.3 Å². The van der Waals surface area contributed by atoms with Crippen molar-refractivity contribution in [3.63, 3.8) is 0 Å². The van der Waals surface area contributed by atoms with Crippen molar-refractivity contribution in [2.75, 3.05) is 12.0 Å². The second-order valence-corrected chi connectivity index (χ2v) is 3.67.